The van der Waals surface area contributed by atoms with Gasteiger partial charge in [-0.2, -0.15) is 0 Å². The average Bonchev–Trinajstić information content (AvgIpc) is 2.34. The molecule has 0 aromatic carbocycles. The normalized spacial score (nSPS) is 22.1. The van der Waals surface area contributed by atoms with Crippen molar-refractivity contribution < 1.29 is 4.79 Å². The molecule has 0 bridgehead atoms. The van der Waals surface area contributed by atoms with Gasteiger partial charge in [-0.05, 0) is 12.2 Å². The smallest absolute Gasteiger partial charge is 0.316 e. The van der Waals surface area contributed by atoms with Crippen molar-refractivity contribution in [2.75, 3.05) is 27.7 Å². The topological polar surface area (TPSA) is 47.6 Å². The van der Waals surface area contributed by atoms with Crippen molar-refractivity contribution in [3.63, 3.8) is 0 Å². The minimum Gasteiger partial charge on any atom is -0.348 e. The van der Waals surface area contributed by atoms with Gasteiger partial charge in [0.2, 0.25) is 0 Å². The van der Waals surface area contributed by atoms with Gasteiger partial charge >= 0.3 is 6.03 Å². The molecule has 1 atom stereocenters. The van der Waals surface area contributed by atoms with Crippen molar-refractivity contribution in [1.82, 2.24) is 20.4 Å². The Hall–Kier alpha value is -1.04. The lowest BCUT2D eigenvalue weighted by molar-refractivity contribution is 0.229. The highest BCUT2D eigenvalue weighted by Crippen LogP contribution is 2.09. The maximum absolute atomic E-state index is 11.0. The van der Waals surface area contributed by atoms with Crippen molar-refractivity contribution in [2.24, 2.45) is 0 Å². The van der Waals surface area contributed by atoms with Crippen LogP contribution in [0.25, 0.3) is 0 Å². The zero-order chi connectivity index (χ0) is 10.0. The molecule has 0 aromatic rings. The Kier molecular flexibility index (Phi) is 2.92. The molecule has 2 N–H and O–H groups in total. The van der Waals surface area contributed by atoms with Crippen molar-refractivity contribution >= 4 is 23.4 Å². The number of amides is 2. The minimum absolute atomic E-state index is 0.0301. The number of likely N-dealkylation sites (N-methyl/N-ethyl adjacent to an activating group) is 2. The monoisotopic (exact) mass is 202 g/mol. The van der Waals surface area contributed by atoms with Crippen molar-refractivity contribution in [1.29, 1.82) is 0 Å². The second-order valence-corrected chi connectivity index (χ2v) is 3.38. The quantitative estimate of drug-likeness (QED) is 0.558. The highest BCUT2D eigenvalue weighted by molar-refractivity contribution is 7.80. The largest absolute Gasteiger partial charge is 0.348 e. The van der Waals surface area contributed by atoms with Crippen LogP contribution in [0.5, 0.6) is 0 Å². The molecule has 5 nitrogen and oxygen atoms in total. The average molecular weight is 202 g/mol. The summed E-state index contributed by atoms with van der Waals surface area (Å²) >= 11 is 5.11. The minimum atomic E-state index is -0.185. The summed E-state index contributed by atoms with van der Waals surface area (Å²) < 4.78 is 0. The number of urea groups is 1. The molecule has 0 spiro atoms. The van der Waals surface area contributed by atoms with Gasteiger partial charge in [0, 0.05) is 21.1 Å². The van der Waals surface area contributed by atoms with Crippen molar-refractivity contribution in [3.05, 3.63) is 0 Å². The van der Waals surface area contributed by atoms with Gasteiger partial charge in [0.15, 0.2) is 5.11 Å². The molecule has 74 valence electrons. The molecule has 1 saturated heterocycles. The Morgan fingerprint density at radius 1 is 1.62 bits per heavy atom. The first-order valence-corrected chi connectivity index (χ1v) is 4.43. The molecule has 1 rings (SSSR count). The summed E-state index contributed by atoms with van der Waals surface area (Å²) in [4.78, 5) is 14.8. The van der Waals surface area contributed by atoms with E-state index in [0.29, 0.717) is 0 Å². The summed E-state index contributed by atoms with van der Waals surface area (Å²) in [5.74, 6) is 0. The van der Waals surface area contributed by atoms with Crippen LogP contribution in [0.2, 0.25) is 0 Å². The molecular weight excluding hydrogens is 188 g/mol. The lowest BCUT2D eigenvalue weighted by Crippen LogP contribution is -2.48. The number of nitrogens with zero attached hydrogens (tertiary/aromatic N) is 2. The summed E-state index contributed by atoms with van der Waals surface area (Å²) in [5, 5.41) is 6.04. The second-order valence-electron chi connectivity index (χ2n) is 3.01. The number of carbonyl (C=O) groups excluding carboxylic acids is 1. The van der Waals surface area contributed by atoms with E-state index in [1.807, 2.05) is 23.9 Å². The molecule has 1 aliphatic heterocycles. The fourth-order valence-electron chi connectivity index (χ4n) is 1.23. The molecule has 13 heavy (non-hydrogen) atoms. The van der Waals surface area contributed by atoms with Crippen LogP contribution in [0.3, 0.4) is 0 Å². The molecule has 0 radical (unpaired) electrons. The van der Waals surface area contributed by atoms with E-state index in [-0.39, 0.29) is 12.2 Å². The summed E-state index contributed by atoms with van der Waals surface area (Å²) in [6.45, 7) is 0.725. The maximum Gasteiger partial charge on any atom is 0.316 e. The lowest BCUT2D eigenvalue weighted by Gasteiger charge is -2.20. The molecule has 1 heterocycles. The van der Waals surface area contributed by atoms with Crippen molar-refractivity contribution in [2.45, 2.75) is 6.17 Å². The van der Waals surface area contributed by atoms with Crippen molar-refractivity contribution in [3.8, 4) is 0 Å². The first-order valence-electron chi connectivity index (χ1n) is 4.02. The molecule has 0 saturated carbocycles. The number of hydrogen-bond donors (Lipinski definition) is 2. The number of rotatable bonds is 1. The Morgan fingerprint density at radius 2 is 2.23 bits per heavy atom. The van der Waals surface area contributed by atoms with E-state index >= 15 is 0 Å². The van der Waals surface area contributed by atoms with E-state index in [1.165, 1.54) is 0 Å². The molecule has 1 unspecified atom stereocenters. The van der Waals surface area contributed by atoms with Gasteiger partial charge < -0.3 is 20.4 Å². The number of hydrogen-bond acceptors (Lipinski definition) is 2. The number of thiocarbonyl (C=S) groups is 1. The third-order valence-electron chi connectivity index (χ3n) is 2.07. The molecular formula is C7H14N4OS. The zero-order valence-electron chi connectivity index (χ0n) is 8.00. The highest BCUT2D eigenvalue weighted by atomic mass is 32.1. The van der Waals surface area contributed by atoms with Crippen LogP contribution in [-0.2, 0) is 0 Å². The second kappa shape index (κ2) is 3.78. The van der Waals surface area contributed by atoms with E-state index in [2.05, 4.69) is 10.6 Å². The zero-order valence-corrected chi connectivity index (χ0v) is 8.81. The standard InChI is InChI=1S/C7H14N4OS/c1-8-6(12)9-5-4-10(2)7(13)11(5)3/h5H,4H2,1-3H3,(H2,8,9,12). The van der Waals surface area contributed by atoms with Crippen LogP contribution in [0.4, 0.5) is 4.79 Å². The van der Waals surface area contributed by atoms with E-state index in [1.54, 1.807) is 7.05 Å². The summed E-state index contributed by atoms with van der Waals surface area (Å²) in [6.07, 6.45) is -0.0301. The van der Waals surface area contributed by atoms with E-state index in [9.17, 15) is 4.79 Å². The summed E-state index contributed by atoms with van der Waals surface area (Å²) in [7, 11) is 5.36. The summed E-state index contributed by atoms with van der Waals surface area (Å²) in [6, 6.07) is -0.185. The Balaban J connectivity index is 2.54. The van der Waals surface area contributed by atoms with Gasteiger partial charge in [0.05, 0.1) is 6.54 Å². The van der Waals surface area contributed by atoms with Gasteiger partial charge in [0.25, 0.3) is 0 Å². The fourth-order valence-corrected chi connectivity index (χ4v) is 1.43. The lowest BCUT2D eigenvalue weighted by atomic mass is 10.5. The van der Waals surface area contributed by atoms with Gasteiger partial charge in [-0.25, -0.2) is 4.79 Å². The van der Waals surface area contributed by atoms with Crippen LogP contribution in [0.15, 0.2) is 0 Å². The SMILES string of the molecule is CNC(=O)NC1CN(C)C(=S)N1C. The highest BCUT2D eigenvalue weighted by Gasteiger charge is 2.29. The van der Waals surface area contributed by atoms with Crippen LogP contribution >= 0.6 is 12.2 Å². The van der Waals surface area contributed by atoms with Gasteiger partial charge in [-0.15, -0.1) is 0 Å². The van der Waals surface area contributed by atoms with E-state index < -0.39 is 0 Å². The Morgan fingerprint density at radius 3 is 2.62 bits per heavy atom. The van der Waals surface area contributed by atoms with E-state index in [4.69, 9.17) is 12.2 Å². The molecule has 1 fully saturated rings. The van der Waals surface area contributed by atoms with Gasteiger partial charge in [-0.1, -0.05) is 0 Å². The molecule has 2 amide bonds. The first-order chi connectivity index (χ1) is 6.06. The molecule has 0 aliphatic carbocycles. The third kappa shape index (κ3) is 2.00. The number of nitrogens with one attached hydrogen (secondary N) is 2. The van der Waals surface area contributed by atoms with E-state index in [0.717, 1.165) is 11.7 Å². The van der Waals surface area contributed by atoms with Gasteiger partial charge in [-0.3, -0.25) is 0 Å². The third-order valence-corrected chi connectivity index (χ3v) is 2.67. The Bertz CT molecular complexity index is 233. The predicted molar refractivity (Wildman–Crippen MR) is 54.4 cm³/mol. The van der Waals surface area contributed by atoms with Crippen LogP contribution in [0, 0.1) is 0 Å². The molecule has 6 heteroatoms. The fraction of sp³-hybridized carbons (Fsp3) is 0.714. The van der Waals surface area contributed by atoms with Crippen LogP contribution in [-0.4, -0.2) is 54.8 Å². The summed E-state index contributed by atoms with van der Waals surface area (Å²) in [5.41, 5.74) is 0. The maximum atomic E-state index is 11.0. The predicted octanol–water partition coefficient (Wildman–Crippen LogP) is -0.596. The first kappa shape index (κ1) is 10.0. The Labute approximate surface area is 83.1 Å². The number of carbonyl (C=O) groups is 1. The van der Waals surface area contributed by atoms with Crippen LogP contribution in [0.1, 0.15) is 0 Å². The molecule has 0 aromatic heterocycles. The van der Waals surface area contributed by atoms with Gasteiger partial charge in [0.1, 0.15) is 6.17 Å². The molecule has 1 aliphatic rings. The van der Waals surface area contributed by atoms with Crippen LogP contribution < -0.4 is 10.6 Å².